The second kappa shape index (κ2) is 11.1. The van der Waals surface area contributed by atoms with Gasteiger partial charge in [0.2, 0.25) is 11.8 Å². The van der Waals surface area contributed by atoms with Crippen LogP contribution in [0.5, 0.6) is 5.75 Å². The van der Waals surface area contributed by atoms with Crippen molar-refractivity contribution >= 4 is 17.6 Å². The Morgan fingerprint density at radius 3 is 2.38 bits per heavy atom. The number of amides is 2. The van der Waals surface area contributed by atoms with Gasteiger partial charge in [0.15, 0.2) is 0 Å². The molecule has 1 fully saturated rings. The third kappa shape index (κ3) is 6.61. The van der Waals surface area contributed by atoms with Crippen LogP contribution in [0, 0.1) is 5.92 Å². The molecular weight excluding hydrogens is 428 g/mol. The number of ether oxygens (including phenoxy) is 1. The van der Waals surface area contributed by atoms with Crippen LogP contribution in [0.3, 0.4) is 0 Å². The molecule has 0 unspecified atom stereocenters. The minimum absolute atomic E-state index is 0.0276. The molecule has 2 aromatic rings. The molecule has 1 aromatic heterocycles. The molecule has 7 nitrogen and oxygen atoms in total. The third-order valence-electron chi connectivity index (χ3n) is 6.56. The molecule has 0 saturated heterocycles. The first-order valence-corrected chi connectivity index (χ1v) is 12.4. The van der Waals surface area contributed by atoms with Crippen molar-refractivity contribution in [2.24, 2.45) is 5.92 Å². The minimum atomic E-state index is -0.224. The van der Waals surface area contributed by atoms with Gasteiger partial charge in [-0.1, -0.05) is 46.5 Å². The van der Waals surface area contributed by atoms with Gasteiger partial charge in [0.1, 0.15) is 18.1 Å². The summed E-state index contributed by atoms with van der Waals surface area (Å²) in [5.41, 5.74) is 1.50. The SMILES string of the molecule is COc1ccc(-n2nc(C(C)(C)C)cc2NC(=O)CN(C(=O)CCC2CCCC2)C(C)C)cc1. The summed E-state index contributed by atoms with van der Waals surface area (Å²) in [5, 5.41) is 7.77. The monoisotopic (exact) mass is 468 g/mol. The van der Waals surface area contributed by atoms with Crippen LogP contribution in [0.25, 0.3) is 5.69 Å². The molecule has 34 heavy (non-hydrogen) atoms. The van der Waals surface area contributed by atoms with E-state index in [-0.39, 0.29) is 29.8 Å². The van der Waals surface area contributed by atoms with Crippen molar-refractivity contribution in [3.8, 4) is 11.4 Å². The van der Waals surface area contributed by atoms with Gasteiger partial charge in [0.25, 0.3) is 0 Å². The van der Waals surface area contributed by atoms with Crippen molar-refractivity contribution in [1.29, 1.82) is 0 Å². The number of anilines is 1. The van der Waals surface area contributed by atoms with Crippen LogP contribution >= 0.6 is 0 Å². The van der Waals surface area contributed by atoms with Crippen LogP contribution in [0.2, 0.25) is 0 Å². The molecule has 1 saturated carbocycles. The van der Waals surface area contributed by atoms with E-state index in [2.05, 4.69) is 26.1 Å². The van der Waals surface area contributed by atoms with E-state index in [1.165, 1.54) is 25.7 Å². The zero-order valence-electron chi connectivity index (χ0n) is 21.6. The average Bonchev–Trinajstić information content (AvgIpc) is 3.45. The molecule has 1 heterocycles. The molecule has 0 atom stereocenters. The summed E-state index contributed by atoms with van der Waals surface area (Å²) in [6.07, 6.45) is 6.42. The van der Waals surface area contributed by atoms with Crippen molar-refractivity contribution in [1.82, 2.24) is 14.7 Å². The molecule has 3 rings (SSSR count). The van der Waals surface area contributed by atoms with E-state index in [4.69, 9.17) is 9.84 Å². The summed E-state index contributed by atoms with van der Waals surface area (Å²) in [6, 6.07) is 9.40. The van der Waals surface area contributed by atoms with Crippen molar-refractivity contribution in [3.05, 3.63) is 36.0 Å². The van der Waals surface area contributed by atoms with Crippen molar-refractivity contribution < 1.29 is 14.3 Å². The smallest absolute Gasteiger partial charge is 0.245 e. The number of hydrogen-bond donors (Lipinski definition) is 1. The van der Waals surface area contributed by atoms with Gasteiger partial charge in [-0.3, -0.25) is 9.59 Å². The van der Waals surface area contributed by atoms with E-state index in [9.17, 15) is 9.59 Å². The molecule has 1 aliphatic rings. The van der Waals surface area contributed by atoms with Gasteiger partial charge >= 0.3 is 0 Å². The van der Waals surface area contributed by atoms with E-state index >= 15 is 0 Å². The lowest BCUT2D eigenvalue weighted by Gasteiger charge is -2.26. The molecule has 1 aliphatic carbocycles. The molecule has 186 valence electrons. The number of methoxy groups -OCH3 is 1. The Bertz CT molecular complexity index is 967. The van der Waals surface area contributed by atoms with Crippen LogP contribution in [-0.2, 0) is 15.0 Å². The van der Waals surface area contributed by atoms with Crippen LogP contribution < -0.4 is 10.1 Å². The van der Waals surface area contributed by atoms with Crippen LogP contribution in [0.4, 0.5) is 5.82 Å². The Morgan fingerprint density at radius 1 is 1.18 bits per heavy atom. The van der Waals surface area contributed by atoms with Crippen molar-refractivity contribution in [3.63, 3.8) is 0 Å². The quantitative estimate of drug-likeness (QED) is 0.540. The van der Waals surface area contributed by atoms with E-state index in [1.54, 1.807) is 16.7 Å². The Morgan fingerprint density at radius 2 is 1.82 bits per heavy atom. The van der Waals surface area contributed by atoms with Gasteiger partial charge < -0.3 is 15.0 Å². The highest BCUT2D eigenvalue weighted by Crippen LogP contribution is 2.29. The molecular formula is C27H40N4O3. The van der Waals surface area contributed by atoms with Crippen molar-refractivity contribution in [2.75, 3.05) is 19.0 Å². The highest BCUT2D eigenvalue weighted by atomic mass is 16.5. The number of nitrogens with zero attached hydrogens (tertiary/aromatic N) is 3. The predicted octanol–water partition coefficient (Wildman–Crippen LogP) is 5.32. The number of carbonyl (C=O) groups excluding carboxylic acids is 2. The van der Waals surface area contributed by atoms with Gasteiger partial charge in [0.05, 0.1) is 18.5 Å². The van der Waals surface area contributed by atoms with E-state index in [0.717, 1.165) is 23.6 Å². The lowest BCUT2D eigenvalue weighted by molar-refractivity contribution is -0.136. The lowest BCUT2D eigenvalue weighted by atomic mass is 9.92. The first-order chi connectivity index (χ1) is 16.1. The highest BCUT2D eigenvalue weighted by molar-refractivity contribution is 5.94. The second-order valence-corrected chi connectivity index (χ2v) is 10.6. The van der Waals surface area contributed by atoms with Gasteiger partial charge in [-0.05, 0) is 50.5 Å². The molecule has 0 spiro atoms. The fourth-order valence-corrected chi connectivity index (χ4v) is 4.42. The molecule has 0 aliphatic heterocycles. The maximum Gasteiger partial charge on any atom is 0.245 e. The van der Waals surface area contributed by atoms with E-state index in [1.807, 2.05) is 44.2 Å². The third-order valence-corrected chi connectivity index (χ3v) is 6.56. The van der Waals surface area contributed by atoms with Crippen molar-refractivity contribution in [2.45, 2.75) is 84.6 Å². The fraction of sp³-hybridized carbons (Fsp3) is 0.593. The normalized spacial score (nSPS) is 14.4. The minimum Gasteiger partial charge on any atom is -0.497 e. The lowest BCUT2D eigenvalue weighted by Crippen LogP contribution is -2.42. The molecule has 1 aromatic carbocycles. The Hall–Kier alpha value is -2.83. The number of rotatable bonds is 9. The molecule has 0 radical (unpaired) electrons. The summed E-state index contributed by atoms with van der Waals surface area (Å²) in [5.74, 6) is 1.82. The summed E-state index contributed by atoms with van der Waals surface area (Å²) < 4.78 is 7.00. The number of carbonyl (C=O) groups is 2. The number of hydrogen-bond acceptors (Lipinski definition) is 4. The number of benzene rings is 1. The molecule has 2 amide bonds. The predicted molar refractivity (Wildman–Crippen MR) is 135 cm³/mol. The van der Waals surface area contributed by atoms with Crippen LogP contribution in [-0.4, -0.2) is 46.2 Å². The summed E-state index contributed by atoms with van der Waals surface area (Å²) in [4.78, 5) is 27.7. The molecule has 1 N–H and O–H groups in total. The Labute approximate surface area is 203 Å². The first kappa shape index (κ1) is 25.8. The zero-order chi connectivity index (χ0) is 24.9. The maximum absolute atomic E-state index is 13.1. The first-order valence-electron chi connectivity index (χ1n) is 12.4. The van der Waals surface area contributed by atoms with Gasteiger partial charge in [0, 0.05) is 23.9 Å². The number of nitrogens with one attached hydrogen (secondary N) is 1. The van der Waals surface area contributed by atoms with Crippen LogP contribution in [0.15, 0.2) is 30.3 Å². The maximum atomic E-state index is 13.1. The Balaban J connectivity index is 1.74. The fourth-order valence-electron chi connectivity index (χ4n) is 4.42. The average molecular weight is 469 g/mol. The van der Waals surface area contributed by atoms with E-state index in [0.29, 0.717) is 18.2 Å². The van der Waals surface area contributed by atoms with Crippen LogP contribution in [0.1, 0.15) is 78.8 Å². The summed E-state index contributed by atoms with van der Waals surface area (Å²) >= 11 is 0. The van der Waals surface area contributed by atoms with Gasteiger partial charge in [-0.2, -0.15) is 5.10 Å². The highest BCUT2D eigenvalue weighted by Gasteiger charge is 2.25. The van der Waals surface area contributed by atoms with E-state index < -0.39 is 0 Å². The summed E-state index contributed by atoms with van der Waals surface area (Å²) in [7, 11) is 1.63. The Kier molecular flexibility index (Phi) is 8.39. The number of aromatic nitrogens is 2. The zero-order valence-corrected chi connectivity index (χ0v) is 21.6. The van der Waals surface area contributed by atoms with Gasteiger partial charge in [-0.25, -0.2) is 4.68 Å². The topological polar surface area (TPSA) is 76.5 Å². The molecule has 7 heteroatoms. The molecule has 0 bridgehead atoms. The standard InChI is InChI=1S/C27H40N4O3/c1-19(2)30(26(33)16-11-20-9-7-8-10-20)18-25(32)28-24-17-23(27(3,4)5)29-31(24)21-12-14-22(34-6)15-13-21/h12-15,17,19-20H,7-11,16,18H2,1-6H3,(H,28,32). The summed E-state index contributed by atoms with van der Waals surface area (Å²) in [6.45, 7) is 10.2. The second-order valence-electron chi connectivity index (χ2n) is 10.6. The largest absolute Gasteiger partial charge is 0.497 e. The van der Waals surface area contributed by atoms with Gasteiger partial charge in [-0.15, -0.1) is 0 Å².